The third-order valence-corrected chi connectivity index (χ3v) is 6.51. The Morgan fingerprint density at radius 1 is 0.744 bits per heavy atom. The van der Waals surface area contributed by atoms with Crippen LogP contribution in [-0.2, 0) is 9.59 Å². The molecule has 0 unspecified atom stereocenters. The molecule has 7 N–H and O–H groups in total. The molecule has 0 aliphatic carbocycles. The fraction of sp³-hybridized carbons (Fsp3) is 0.267. The Morgan fingerprint density at radius 2 is 1.38 bits per heavy atom. The number of rotatable bonds is 13. The first-order chi connectivity index (χ1) is 18.9. The Balaban J connectivity index is 1.11. The predicted molar refractivity (Wildman–Crippen MR) is 155 cm³/mol. The number of imidazole rings is 1. The highest BCUT2D eigenvalue weighted by atomic mass is 16.2. The number of hydrogen-bond acceptors (Lipinski definition) is 5. The Bertz CT molecular complexity index is 1440. The standard InChI is InChI=1S/C30H34N6O3/c31-23-11-7-8-12-24(23)34-27(38)15-6-4-2-1-3-5-14-26(37)33-21-18-16-20(17-19-21)30-35-25-13-9-10-22(29(32)39)28(25)36-30/h7-13,16-19H,1-6,14-15,31H2,(H2,32,39)(H,33,37)(H,34,38)(H,35,36). The number of nitrogens with zero attached hydrogens (tertiary/aromatic N) is 1. The molecule has 39 heavy (non-hydrogen) atoms. The fourth-order valence-corrected chi connectivity index (χ4v) is 4.40. The van der Waals surface area contributed by atoms with E-state index in [0.717, 1.165) is 49.6 Å². The molecule has 0 radical (unpaired) electrons. The lowest BCUT2D eigenvalue weighted by Gasteiger charge is -2.08. The van der Waals surface area contributed by atoms with E-state index < -0.39 is 5.91 Å². The second kappa shape index (κ2) is 13.2. The maximum Gasteiger partial charge on any atom is 0.250 e. The van der Waals surface area contributed by atoms with E-state index in [0.29, 0.717) is 46.8 Å². The molecule has 9 nitrogen and oxygen atoms in total. The van der Waals surface area contributed by atoms with E-state index in [1.165, 1.54) is 0 Å². The van der Waals surface area contributed by atoms with Gasteiger partial charge in [0.25, 0.3) is 5.91 Å². The van der Waals surface area contributed by atoms with E-state index in [4.69, 9.17) is 11.5 Å². The summed E-state index contributed by atoms with van der Waals surface area (Å²) in [6.45, 7) is 0. The van der Waals surface area contributed by atoms with Crippen molar-refractivity contribution < 1.29 is 14.4 Å². The number of anilines is 3. The number of aromatic amines is 1. The molecule has 0 aliphatic rings. The van der Waals surface area contributed by atoms with Gasteiger partial charge >= 0.3 is 0 Å². The quantitative estimate of drug-likeness (QED) is 0.113. The van der Waals surface area contributed by atoms with Crippen LogP contribution in [0.25, 0.3) is 22.4 Å². The van der Waals surface area contributed by atoms with Crippen LogP contribution in [0.15, 0.2) is 66.7 Å². The zero-order chi connectivity index (χ0) is 27.6. The van der Waals surface area contributed by atoms with Crippen LogP contribution in [-0.4, -0.2) is 27.7 Å². The molecule has 4 aromatic rings. The lowest BCUT2D eigenvalue weighted by atomic mass is 10.1. The second-order valence-corrected chi connectivity index (χ2v) is 9.53. The number of nitrogens with one attached hydrogen (secondary N) is 3. The number of H-pyrrole nitrogens is 1. The van der Waals surface area contributed by atoms with Crippen molar-refractivity contribution in [2.45, 2.75) is 51.4 Å². The average Bonchev–Trinajstić information content (AvgIpc) is 3.36. The van der Waals surface area contributed by atoms with Gasteiger partial charge in [0.1, 0.15) is 11.3 Å². The lowest BCUT2D eigenvalue weighted by molar-refractivity contribution is -0.117. The summed E-state index contributed by atoms with van der Waals surface area (Å²) in [4.78, 5) is 43.8. The van der Waals surface area contributed by atoms with Crippen molar-refractivity contribution >= 4 is 45.8 Å². The monoisotopic (exact) mass is 526 g/mol. The van der Waals surface area contributed by atoms with Crippen molar-refractivity contribution in [1.82, 2.24) is 9.97 Å². The van der Waals surface area contributed by atoms with Gasteiger partial charge in [-0.2, -0.15) is 0 Å². The number of fused-ring (bicyclic) bond motifs is 1. The van der Waals surface area contributed by atoms with Gasteiger partial charge in [0.05, 0.1) is 22.5 Å². The number of carbonyl (C=O) groups is 3. The summed E-state index contributed by atoms with van der Waals surface area (Å²) in [5.41, 5.74) is 15.7. The van der Waals surface area contributed by atoms with Crippen LogP contribution in [0.4, 0.5) is 17.1 Å². The van der Waals surface area contributed by atoms with E-state index in [-0.39, 0.29) is 11.8 Å². The van der Waals surface area contributed by atoms with Gasteiger partial charge in [0.2, 0.25) is 11.8 Å². The van der Waals surface area contributed by atoms with E-state index >= 15 is 0 Å². The molecule has 0 saturated heterocycles. The minimum Gasteiger partial charge on any atom is -0.397 e. The summed E-state index contributed by atoms with van der Waals surface area (Å²) >= 11 is 0. The molecule has 0 bridgehead atoms. The number of para-hydroxylation sites is 3. The topological polar surface area (TPSA) is 156 Å². The van der Waals surface area contributed by atoms with Gasteiger partial charge in [-0.15, -0.1) is 0 Å². The number of unbranched alkanes of at least 4 members (excludes halogenated alkanes) is 5. The summed E-state index contributed by atoms with van der Waals surface area (Å²) in [6.07, 6.45) is 6.59. The van der Waals surface area contributed by atoms with Crippen molar-refractivity contribution in [3.8, 4) is 11.4 Å². The van der Waals surface area contributed by atoms with E-state index in [9.17, 15) is 14.4 Å². The smallest absolute Gasteiger partial charge is 0.250 e. The Hall–Kier alpha value is -4.66. The first-order valence-electron chi connectivity index (χ1n) is 13.2. The van der Waals surface area contributed by atoms with Gasteiger partial charge in [-0.05, 0) is 61.4 Å². The zero-order valence-corrected chi connectivity index (χ0v) is 21.8. The van der Waals surface area contributed by atoms with Crippen molar-refractivity contribution in [1.29, 1.82) is 0 Å². The summed E-state index contributed by atoms with van der Waals surface area (Å²) in [5.74, 6) is 0.0616. The van der Waals surface area contributed by atoms with Gasteiger partial charge in [0, 0.05) is 24.1 Å². The number of primary amides is 1. The van der Waals surface area contributed by atoms with Crippen LogP contribution in [0.5, 0.6) is 0 Å². The highest BCUT2D eigenvalue weighted by Crippen LogP contribution is 2.24. The highest BCUT2D eigenvalue weighted by Gasteiger charge is 2.12. The van der Waals surface area contributed by atoms with Crippen LogP contribution in [0.3, 0.4) is 0 Å². The number of benzene rings is 3. The van der Waals surface area contributed by atoms with Gasteiger partial charge in [-0.25, -0.2) is 4.98 Å². The van der Waals surface area contributed by atoms with Crippen molar-refractivity contribution in [2.75, 3.05) is 16.4 Å². The Kier molecular flexibility index (Phi) is 9.29. The third-order valence-electron chi connectivity index (χ3n) is 6.51. The molecule has 3 aromatic carbocycles. The van der Waals surface area contributed by atoms with Crippen LogP contribution in [0, 0.1) is 0 Å². The molecular formula is C30H34N6O3. The number of nitrogen functional groups attached to an aromatic ring is 1. The van der Waals surface area contributed by atoms with E-state index in [1.54, 1.807) is 24.3 Å². The lowest BCUT2D eigenvalue weighted by Crippen LogP contribution is -2.12. The minimum atomic E-state index is -0.522. The first-order valence-corrected chi connectivity index (χ1v) is 13.2. The number of amides is 3. The normalized spacial score (nSPS) is 10.9. The third kappa shape index (κ3) is 7.67. The van der Waals surface area contributed by atoms with Crippen molar-refractivity contribution in [2.24, 2.45) is 5.73 Å². The van der Waals surface area contributed by atoms with E-state index in [1.807, 2.05) is 42.5 Å². The van der Waals surface area contributed by atoms with Gasteiger partial charge in [-0.1, -0.05) is 43.9 Å². The maximum absolute atomic E-state index is 12.3. The molecule has 1 heterocycles. The number of carbonyl (C=O) groups excluding carboxylic acids is 3. The molecule has 202 valence electrons. The molecule has 4 rings (SSSR count). The first kappa shape index (κ1) is 27.4. The molecule has 0 aliphatic heterocycles. The molecule has 3 amide bonds. The summed E-state index contributed by atoms with van der Waals surface area (Å²) in [7, 11) is 0. The highest BCUT2D eigenvalue weighted by molar-refractivity contribution is 6.04. The molecule has 0 saturated carbocycles. The van der Waals surface area contributed by atoms with Crippen LogP contribution in [0.1, 0.15) is 61.7 Å². The number of aromatic nitrogens is 2. The van der Waals surface area contributed by atoms with Gasteiger partial charge < -0.3 is 27.1 Å². The predicted octanol–water partition coefficient (Wildman–Crippen LogP) is 5.61. The molecule has 0 fully saturated rings. The fourth-order valence-electron chi connectivity index (χ4n) is 4.40. The van der Waals surface area contributed by atoms with Crippen LogP contribution >= 0.6 is 0 Å². The molecule has 9 heteroatoms. The summed E-state index contributed by atoms with van der Waals surface area (Å²) in [6, 6.07) is 19.9. The van der Waals surface area contributed by atoms with Crippen LogP contribution in [0.2, 0.25) is 0 Å². The van der Waals surface area contributed by atoms with Crippen LogP contribution < -0.4 is 22.1 Å². The second-order valence-electron chi connectivity index (χ2n) is 9.53. The van der Waals surface area contributed by atoms with Crippen molar-refractivity contribution in [3.05, 3.63) is 72.3 Å². The SMILES string of the molecule is NC(=O)c1cccc2[nH]c(-c3ccc(NC(=O)CCCCCCCCC(=O)Nc4ccccc4N)cc3)nc12. The molecule has 0 atom stereocenters. The molecular weight excluding hydrogens is 492 g/mol. The summed E-state index contributed by atoms with van der Waals surface area (Å²) in [5, 5.41) is 5.78. The minimum absolute atomic E-state index is 0.0190. The largest absolute Gasteiger partial charge is 0.397 e. The van der Waals surface area contributed by atoms with Gasteiger partial charge in [0.15, 0.2) is 0 Å². The molecule has 1 aromatic heterocycles. The number of nitrogens with two attached hydrogens (primary N) is 2. The average molecular weight is 527 g/mol. The van der Waals surface area contributed by atoms with Crippen molar-refractivity contribution in [3.63, 3.8) is 0 Å². The molecule has 0 spiro atoms. The number of hydrogen-bond donors (Lipinski definition) is 5. The Morgan fingerprint density at radius 3 is 2.05 bits per heavy atom. The Labute approximate surface area is 227 Å². The van der Waals surface area contributed by atoms with E-state index in [2.05, 4.69) is 20.6 Å². The maximum atomic E-state index is 12.3. The summed E-state index contributed by atoms with van der Waals surface area (Å²) < 4.78 is 0. The van der Waals surface area contributed by atoms with Gasteiger partial charge in [-0.3, -0.25) is 14.4 Å². The zero-order valence-electron chi connectivity index (χ0n) is 21.8.